The molecule has 4 rings (SSSR count). The Kier molecular flexibility index (Phi) is 4.57. The first-order valence-electron chi connectivity index (χ1n) is 8.88. The molecular weight excluding hydrogens is 360 g/mol. The highest BCUT2D eigenvalue weighted by molar-refractivity contribution is 6.04. The van der Waals surface area contributed by atoms with Crippen LogP contribution in [0.2, 0.25) is 0 Å². The quantitative estimate of drug-likeness (QED) is 0.708. The Morgan fingerprint density at radius 2 is 1.96 bits per heavy atom. The van der Waals surface area contributed by atoms with Crippen LogP contribution in [-0.2, 0) is 9.59 Å². The van der Waals surface area contributed by atoms with Crippen LogP contribution in [0.5, 0.6) is 5.75 Å². The van der Waals surface area contributed by atoms with Crippen molar-refractivity contribution >= 4 is 34.2 Å². The molecule has 7 heteroatoms. The number of nitrogens with zero attached hydrogens (tertiary/aromatic N) is 1. The van der Waals surface area contributed by atoms with Gasteiger partial charge in [0.2, 0.25) is 11.8 Å². The lowest BCUT2D eigenvalue weighted by Crippen LogP contribution is -2.37. The van der Waals surface area contributed by atoms with Gasteiger partial charge in [-0.1, -0.05) is 12.1 Å². The number of fused-ring (bicyclic) bond motifs is 2. The fourth-order valence-electron chi connectivity index (χ4n) is 3.24. The number of benzene rings is 2. The zero-order valence-corrected chi connectivity index (χ0v) is 15.2. The minimum atomic E-state index is -0.444. The monoisotopic (exact) mass is 378 g/mol. The molecule has 0 bridgehead atoms. The van der Waals surface area contributed by atoms with Crippen molar-refractivity contribution < 1.29 is 18.7 Å². The SMILES string of the molecule is Cc1cc(=O)oc2cc(NC(=O)CN3C(=O)CCOc4ccccc43)ccc12. The number of para-hydroxylation sites is 2. The molecular formula is C21H18N2O5. The molecule has 28 heavy (non-hydrogen) atoms. The van der Waals surface area contributed by atoms with E-state index in [2.05, 4.69) is 5.32 Å². The second-order valence-corrected chi connectivity index (χ2v) is 6.55. The molecule has 1 aromatic heterocycles. The summed E-state index contributed by atoms with van der Waals surface area (Å²) in [5, 5.41) is 3.55. The Bertz CT molecular complexity index is 1140. The van der Waals surface area contributed by atoms with E-state index in [1.54, 1.807) is 36.4 Å². The van der Waals surface area contributed by atoms with Crippen LogP contribution >= 0.6 is 0 Å². The number of carbonyl (C=O) groups is 2. The smallest absolute Gasteiger partial charge is 0.336 e. The normalized spacial score (nSPS) is 13.6. The van der Waals surface area contributed by atoms with Crippen LogP contribution in [0.3, 0.4) is 0 Å². The molecule has 2 amide bonds. The number of hydrogen-bond acceptors (Lipinski definition) is 5. The van der Waals surface area contributed by atoms with Gasteiger partial charge >= 0.3 is 5.63 Å². The van der Waals surface area contributed by atoms with E-state index in [0.29, 0.717) is 22.7 Å². The van der Waals surface area contributed by atoms with Gasteiger partial charge in [-0.3, -0.25) is 14.5 Å². The predicted octanol–water partition coefficient (Wildman–Crippen LogP) is 2.86. The fourth-order valence-corrected chi connectivity index (χ4v) is 3.24. The molecule has 0 saturated heterocycles. The van der Waals surface area contributed by atoms with Gasteiger partial charge in [-0.05, 0) is 36.8 Å². The lowest BCUT2D eigenvalue weighted by atomic mass is 10.1. The highest BCUT2D eigenvalue weighted by Gasteiger charge is 2.25. The van der Waals surface area contributed by atoms with Crippen molar-refractivity contribution in [2.75, 3.05) is 23.4 Å². The summed E-state index contributed by atoms with van der Waals surface area (Å²) >= 11 is 0. The van der Waals surface area contributed by atoms with Gasteiger partial charge in [-0.15, -0.1) is 0 Å². The van der Waals surface area contributed by atoms with Crippen LogP contribution in [0.1, 0.15) is 12.0 Å². The van der Waals surface area contributed by atoms with Gasteiger partial charge in [0.05, 0.1) is 18.7 Å². The summed E-state index contributed by atoms with van der Waals surface area (Å²) in [7, 11) is 0. The average molecular weight is 378 g/mol. The number of nitrogens with one attached hydrogen (secondary N) is 1. The number of rotatable bonds is 3. The van der Waals surface area contributed by atoms with E-state index < -0.39 is 5.63 Å². The largest absolute Gasteiger partial charge is 0.491 e. The molecule has 2 aromatic carbocycles. The highest BCUT2D eigenvalue weighted by atomic mass is 16.5. The van der Waals surface area contributed by atoms with E-state index in [-0.39, 0.29) is 31.4 Å². The maximum absolute atomic E-state index is 12.6. The van der Waals surface area contributed by atoms with Crippen molar-refractivity contribution in [3.8, 4) is 5.75 Å². The van der Waals surface area contributed by atoms with Crippen LogP contribution < -0.4 is 20.6 Å². The summed E-state index contributed by atoms with van der Waals surface area (Å²) in [6.45, 7) is 1.95. The summed E-state index contributed by atoms with van der Waals surface area (Å²) in [4.78, 5) is 38.0. The fraction of sp³-hybridized carbons (Fsp3) is 0.190. The Hall–Kier alpha value is -3.61. The number of aryl methyl sites for hydroxylation is 1. The maximum atomic E-state index is 12.6. The number of anilines is 2. The van der Waals surface area contributed by atoms with Gasteiger partial charge in [0.15, 0.2) is 0 Å². The zero-order valence-electron chi connectivity index (χ0n) is 15.2. The van der Waals surface area contributed by atoms with E-state index in [9.17, 15) is 14.4 Å². The van der Waals surface area contributed by atoms with E-state index >= 15 is 0 Å². The van der Waals surface area contributed by atoms with Gasteiger partial charge in [-0.25, -0.2) is 4.79 Å². The van der Waals surface area contributed by atoms with Crippen molar-refractivity contribution in [1.29, 1.82) is 0 Å². The number of hydrogen-bond donors (Lipinski definition) is 1. The second kappa shape index (κ2) is 7.19. The summed E-state index contributed by atoms with van der Waals surface area (Å²) < 4.78 is 10.8. The molecule has 142 valence electrons. The summed E-state index contributed by atoms with van der Waals surface area (Å²) in [6, 6.07) is 13.7. The lowest BCUT2D eigenvalue weighted by molar-refractivity contribution is -0.121. The minimum absolute atomic E-state index is 0.144. The summed E-state index contributed by atoms with van der Waals surface area (Å²) in [6.07, 6.45) is 0.197. The van der Waals surface area contributed by atoms with Crippen LogP contribution in [-0.4, -0.2) is 25.0 Å². The van der Waals surface area contributed by atoms with Gasteiger partial charge in [0, 0.05) is 23.2 Å². The van der Waals surface area contributed by atoms with Crippen molar-refractivity contribution in [3.05, 3.63) is 64.5 Å². The van der Waals surface area contributed by atoms with Gasteiger partial charge < -0.3 is 14.5 Å². The molecule has 7 nitrogen and oxygen atoms in total. The molecule has 1 aliphatic heterocycles. The zero-order chi connectivity index (χ0) is 19.7. The molecule has 0 fully saturated rings. The van der Waals surface area contributed by atoms with Crippen molar-refractivity contribution in [2.45, 2.75) is 13.3 Å². The second-order valence-electron chi connectivity index (χ2n) is 6.55. The third-order valence-electron chi connectivity index (χ3n) is 4.57. The van der Waals surface area contributed by atoms with Gasteiger partial charge in [-0.2, -0.15) is 0 Å². The molecule has 0 aliphatic carbocycles. The first kappa shape index (κ1) is 17.8. The predicted molar refractivity (Wildman–Crippen MR) is 105 cm³/mol. The Balaban J connectivity index is 1.57. The molecule has 2 heterocycles. The Labute approximate surface area is 160 Å². The molecule has 0 radical (unpaired) electrons. The molecule has 3 aromatic rings. The third-order valence-corrected chi connectivity index (χ3v) is 4.57. The van der Waals surface area contributed by atoms with Crippen LogP contribution in [0.4, 0.5) is 11.4 Å². The molecule has 0 atom stereocenters. The van der Waals surface area contributed by atoms with Crippen LogP contribution in [0, 0.1) is 6.92 Å². The van der Waals surface area contributed by atoms with Crippen molar-refractivity contribution in [1.82, 2.24) is 0 Å². The Morgan fingerprint density at radius 1 is 1.14 bits per heavy atom. The average Bonchev–Trinajstić information content (AvgIpc) is 2.80. The van der Waals surface area contributed by atoms with E-state index in [1.807, 2.05) is 13.0 Å². The third kappa shape index (κ3) is 3.46. The summed E-state index contributed by atoms with van der Waals surface area (Å²) in [5.41, 5.74) is 1.81. The molecule has 0 spiro atoms. The Morgan fingerprint density at radius 3 is 2.82 bits per heavy atom. The standard InChI is InChI=1S/C21H18N2O5/c1-13-10-21(26)28-18-11-14(6-7-15(13)18)22-19(24)12-23-16-4-2-3-5-17(16)27-9-8-20(23)25/h2-7,10-11H,8-9,12H2,1H3,(H,22,24). The summed E-state index contributed by atoms with van der Waals surface area (Å²) in [5.74, 6) is 0.0312. The molecule has 0 saturated carbocycles. The van der Waals surface area contributed by atoms with Crippen molar-refractivity contribution in [2.24, 2.45) is 0 Å². The number of ether oxygens (including phenoxy) is 1. The topological polar surface area (TPSA) is 88.9 Å². The van der Waals surface area contributed by atoms with Gasteiger partial charge in [0.25, 0.3) is 0 Å². The van der Waals surface area contributed by atoms with Crippen molar-refractivity contribution in [3.63, 3.8) is 0 Å². The minimum Gasteiger partial charge on any atom is -0.491 e. The molecule has 1 N–H and O–H groups in total. The van der Waals surface area contributed by atoms with Crippen LogP contribution in [0.25, 0.3) is 11.0 Å². The van der Waals surface area contributed by atoms with E-state index in [1.165, 1.54) is 11.0 Å². The molecule has 1 aliphatic rings. The van der Waals surface area contributed by atoms with E-state index in [0.717, 1.165) is 10.9 Å². The number of amides is 2. The first-order valence-corrected chi connectivity index (χ1v) is 8.88. The number of carbonyl (C=O) groups excluding carboxylic acids is 2. The van der Waals surface area contributed by atoms with Gasteiger partial charge in [0.1, 0.15) is 17.9 Å². The van der Waals surface area contributed by atoms with Crippen LogP contribution in [0.15, 0.2) is 57.7 Å². The first-order chi connectivity index (χ1) is 13.5. The molecule has 0 unspecified atom stereocenters. The highest BCUT2D eigenvalue weighted by Crippen LogP contribution is 2.31. The van der Waals surface area contributed by atoms with E-state index in [4.69, 9.17) is 9.15 Å². The lowest BCUT2D eigenvalue weighted by Gasteiger charge is -2.21. The maximum Gasteiger partial charge on any atom is 0.336 e.